The number of carbonyl (C=O) groups is 2. The summed E-state index contributed by atoms with van der Waals surface area (Å²) in [6.45, 7) is 0. The average Bonchev–Trinajstić information content (AvgIpc) is 2.04. The van der Waals surface area contributed by atoms with Crippen LogP contribution >= 0.6 is 0 Å². The van der Waals surface area contributed by atoms with Crippen molar-refractivity contribution in [1.29, 1.82) is 0 Å². The minimum atomic E-state index is -1.23. The van der Waals surface area contributed by atoms with E-state index in [1.54, 1.807) is 0 Å². The van der Waals surface area contributed by atoms with Crippen LogP contribution in [0.3, 0.4) is 0 Å². The minimum absolute atomic E-state index is 0. The quantitative estimate of drug-likeness (QED) is 0.677. The molecule has 2 N–H and O–H groups in total. The molecule has 4 nitrogen and oxygen atoms in total. The molecule has 0 saturated heterocycles. The molecular weight excluding hydrogens is 240 g/mol. The van der Waals surface area contributed by atoms with E-state index >= 15 is 0 Å². The van der Waals surface area contributed by atoms with Crippen LogP contribution < -0.4 is 0 Å². The van der Waals surface area contributed by atoms with Crippen molar-refractivity contribution in [3.63, 3.8) is 0 Å². The van der Waals surface area contributed by atoms with Gasteiger partial charge >= 0.3 is 87.4 Å². The number of benzene rings is 1. The zero-order valence-electron chi connectivity index (χ0n) is 6.02. The molecule has 0 aliphatic heterocycles. The molecule has 1 aromatic rings. The third kappa shape index (κ3) is 4.47. The van der Waals surface area contributed by atoms with Crippen LogP contribution in [-0.2, 0) is 0 Å². The summed E-state index contributed by atoms with van der Waals surface area (Å²) in [5.41, 5.74) is -0.380. The summed E-state index contributed by atoms with van der Waals surface area (Å²) >= 11 is 0. The molecule has 0 heterocycles. The van der Waals surface area contributed by atoms with Crippen LogP contribution in [0.2, 0.25) is 0 Å². The Morgan fingerprint density at radius 1 is 0.857 bits per heavy atom. The van der Waals surface area contributed by atoms with E-state index in [9.17, 15) is 9.59 Å². The summed E-state index contributed by atoms with van der Waals surface area (Å²) in [5, 5.41) is 17.1. The predicted octanol–water partition coefficient (Wildman–Crippen LogP) is -0.749. The number of carboxylic acid groups (broad SMARTS) is 2. The summed E-state index contributed by atoms with van der Waals surface area (Å²) in [4.78, 5) is 20.9. The van der Waals surface area contributed by atoms with Crippen LogP contribution in [0, 0.1) is 0 Å². The third-order valence-electron chi connectivity index (χ3n) is 1.39. The van der Waals surface area contributed by atoms with Crippen molar-refractivity contribution in [3.05, 3.63) is 35.4 Å². The van der Waals surface area contributed by atoms with Crippen LogP contribution in [0.1, 0.15) is 20.7 Å². The van der Waals surface area contributed by atoms with E-state index in [1.165, 1.54) is 24.3 Å². The molecule has 1 rings (SSSR count). The molecule has 0 saturated carbocycles. The van der Waals surface area contributed by atoms with Crippen molar-refractivity contribution in [2.24, 2.45) is 0 Å². The van der Waals surface area contributed by atoms with E-state index in [1.807, 2.05) is 0 Å². The van der Waals surface area contributed by atoms with Crippen LogP contribution in [0.15, 0.2) is 24.3 Å². The Bertz CT molecular complexity index is 305. The van der Waals surface area contributed by atoms with Gasteiger partial charge in [-0.05, 0) is 12.1 Å². The number of carboxylic acids is 2. The third-order valence-corrected chi connectivity index (χ3v) is 1.39. The summed E-state index contributed by atoms with van der Waals surface area (Å²) in [7, 11) is 0. The van der Waals surface area contributed by atoms with Crippen LogP contribution in [-0.4, -0.2) is 97.6 Å². The molecule has 1 aromatic carbocycles. The van der Waals surface area contributed by atoms with Gasteiger partial charge in [0.2, 0.25) is 0 Å². The second-order valence-electron chi connectivity index (χ2n) is 2.16. The molecule has 0 aliphatic carbocycles. The Kier molecular flexibility index (Phi) is 9.65. The Balaban J connectivity index is 0. The molecule has 0 radical (unpaired) electrons. The SMILES string of the molecule is O=C(O)c1ccccc1C(=O)O.[CaH2].[CaH2]. The summed E-state index contributed by atoms with van der Waals surface area (Å²) in [6.07, 6.45) is 0. The Hall–Kier alpha value is 0.679. The van der Waals surface area contributed by atoms with E-state index in [4.69, 9.17) is 10.2 Å². The van der Waals surface area contributed by atoms with Gasteiger partial charge < -0.3 is 10.2 Å². The first-order chi connectivity index (χ1) is 5.63. The van der Waals surface area contributed by atoms with E-state index in [2.05, 4.69) is 0 Å². The van der Waals surface area contributed by atoms with Gasteiger partial charge in [0, 0.05) is 0 Å². The van der Waals surface area contributed by atoms with Gasteiger partial charge in [0.25, 0.3) is 0 Å². The molecule has 0 spiro atoms. The Labute approximate surface area is 140 Å². The second kappa shape index (κ2) is 7.91. The first-order valence-corrected chi connectivity index (χ1v) is 3.18. The average molecular weight is 250 g/mol. The normalized spacial score (nSPS) is 8.00. The number of aromatic carboxylic acids is 2. The van der Waals surface area contributed by atoms with Gasteiger partial charge in [-0.3, -0.25) is 0 Å². The van der Waals surface area contributed by atoms with Gasteiger partial charge in [-0.1, -0.05) is 12.1 Å². The van der Waals surface area contributed by atoms with Crippen LogP contribution in [0.4, 0.5) is 0 Å². The molecule has 0 amide bonds. The van der Waals surface area contributed by atoms with Gasteiger partial charge in [0.1, 0.15) is 0 Å². The Morgan fingerprint density at radius 2 is 1.14 bits per heavy atom. The monoisotopic (exact) mass is 250 g/mol. The molecule has 6 heteroatoms. The molecule has 14 heavy (non-hydrogen) atoms. The van der Waals surface area contributed by atoms with Crippen molar-refractivity contribution in [3.8, 4) is 0 Å². The summed E-state index contributed by atoms with van der Waals surface area (Å²) in [6, 6.07) is 5.48. The van der Waals surface area contributed by atoms with Crippen LogP contribution in [0.5, 0.6) is 0 Å². The van der Waals surface area contributed by atoms with Crippen molar-refractivity contribution in [2.45, 2.75) is 0 Å². The van der Waals surface area contributed by atoms with Crippen molar-refractivity contribution >= 4 is 87.4 Å². The fraction of sp³-hybridized carbons (Fsp3) is 0. The summed E-state index contributed by atoms with van der Waals surface area (Å²) < 4.78 is 0. The number of hydrogen-bond donors (Lipinski definition) is 2. The van der Waals surface area contributed by atoms with Crippen LogP contribution in [0.25, 0.3) is 0 Å². The molecule has 0 fully saturated rings. The standard InChI is InChI=1S/C8H6O4.2Ca.4H/c9-7(10)5-3-1-2-4-6(5)8(11)12;;;;;;/h1-4H,(H,9,10)(H,11,12);;;;;;. The van der Waals surface area contributed by atoms with Crippen molar-refractivity contribution in [2.75, 3.05) is 0 Å². The van der Waals surface area contributed by atoms with Crippen molar-refractivity contribution < 1.29 is 19.8 Å². The molecule has 0 bridgehead atoms. The van der Waals surface area contributed by atoms with Gasteiger partial charge in [-0.2, -0.15) is 0 Å². The first kappa shape index (κ1) is 17.1. The number of hydrogen-bond acceptors (Lipinski definition) is 2. The zero-order chi connectivity index (χ0) is 9.14. The predicted molar refractivity (Wildman–Crippen MR) is 57.4 cm³/mol. The molecule has 0 aromatic heterocycles. The fourth-order valence-electron chi connectivity index (χ4n) is 0.856. The van der Waals surface area contributed by atoms with Crippen molar-refractivity contribution in [1.82, 2.24) is 0 Å². The number of rotatable bonds is 2. The second-order valence-corrected chi connectivity index (χ2v) is 2.16. The molecule has 0 aliphatic rings. The van der Waals surface area contributed by atoms with Gasteiger partial charge in [0.05, 0.1) is 11.1 Å². The topological polar surface area (TPSA) is 74.6 Å². The maximum atomic E-state index is 10.5. The van der Waals surface area contributed by atoms with Gasteiger partial charge in [0.15, 0.2) is 0 Å². The fourth-order valence-corrected chi connectivity index (χ4v) is 0.856. The molecule has 0 atom stereocenters. The van der Waals surface area contributed by atoms with E-state index in [0.717, 1.165) is 0 Å². The maximum absolute atomic E-state index is 10.5. The van der Waals surface area contributed by atoms with Gasteiger partial charge in [-0.25, -0.2) is 9.59 Å². The molecule has 0 unspecified atom stereocenters. The van der Waals surface area contributed by atoms with E-state index in [0.29, 0.717) is 0 Å². The molecule has 70 valence electrons. The van der Waals surface area contributed by atoms with E-state index < -0.39 is 11.9 Å². The Morgan fingerprint density at radius 3 is 1.36 bits per heavy atom. The molecular formula is C8H10Ca2O4. The van der Waals surface area contributed by atoms with Gasteiger partial charge in [-0.15, -0.1) is 0 Å². The van der Waals surface area contributed by atoms with E-state index in [-0.39, 0.29) is 86.6 Å². The first-order valence-electron chi connectivity index (χ1n) is 3.18. The summed E-state index contributed by atoms with van der Waals surface area (Å²) in [5.74, 6) is -2.46. The zero-order valence-corrected chi connectivity index (χ0v) is 6.02.